The number of anilines is 1. The number of hydrogen-bond donors (Lipinski definition) is 1. The van der Waals surface area contributed by atoms with E-state index in [0.29, 0.717) is 12.8 Å². The Hall–Kier alpha value is -2.70. The highest BCUT2D eigenvalue weighted by Crippen LogP contribution is 2.31. The maximum Gasteiger partial charge on any atom is 0.334 e. The number of carbonyl (C=O) groups is 4. The number of nitrogens with zero attached hydrogens (tertiary/aromatic N) is 2. The number of aryl methyl sites for hydroxylation is 2. The Balaban J connectivity index is 1.74. The Morgan fingerprint density at radius 1 is 1.08 bits per heavy atom. The molecular formula is C18H21N3O4. The van der Waals surface area contributed by atoms with Crippen LogP contribution in [0.25, 0.3) is 0 Å². The maximum atomic E-state index is 12.4. The van der Waals surface area contributed by atoms with Crippen molar-refractivity contribution in [2.24, 2.45) is 0 Å². The van der Waals surface area contributed by atoms with Crippen LogP contribution in [0.15, 0.2) is 18.2 Å². The Morgan fingerprint density at radius 3 is 2.20 bits per heavy atom. The van der Waals surface area contributed by atoms with Gasteiger partial charge in [-0.25, -0.2) is 9.69 Å². The average Bonchev–Trinajstić information content (AvgIpc) is 3.40. The molecule has 1 aromatic carbocycles. The number of imide groups is 2. The maximum absolute atomic E-state index is 12.4. The first-order valence-electron chi connectivity index (χ1n) is 8.57. The lowest BCUT2D eigenvalue weighted by Crippen LogP contribution is -2.39. The van der Waals surface area contributed by atoms with Crippen molar-refractivity contribution < 1.29 is 19.2 Å². The minimum atomic E-state index is -0.924. The van der Waals surface area contributed by atoms with Gasteiger partial charge in [0.15, 0.2) is 0 Å². The first-order valence-corrected chi connectivity index (χ1v) is 8.57. The highest BCUT2D eigenvalue weighted by molar-refractivity contribution is 6.45. The van der Waals surface area contributed by atoms with Gasteiger partial charge in [-0.2, -0.15) is 0 Å². The van der Waals surface area contributed by atoms with Crippen LogP contribution in [0.4, 0.5) is 10.5 Å². The van der Waals surface area contributed by atoms with Gasteiger partial charge in [0.05, 0.1) is 0 Å². The molecule has 3 rings (SSSR count). The number of hydrogen-bond acceptors (Lipinski definition) is 4. The lowest BCUT2D eigenvalue weighted by molar-refractivity contribution is -0.143. The van der Waals surface area contributed by atoms with E-state index in [1.54, 1.807) is 0 Å². The molecule has 0 unspecified atom stereocenters. The van der Waals surface area contributed by atoms with E-state index < -0.39 is 30.3 Å². The number of carbonyl (C=O) groups excluding carboxylic acids is 4. The molecule has 7 nitrogen and oxygen atoms in total. The molecule has 5 amide bonds. The van der Waals surface area contributed by atoms with Crippen molar-refractivity contribution in [2.75, 3.05) is 11.9 Å². The van der Waals surface area contributed by atoms with Crippen molar-refractivity contribution in [1.82, 2.24) is 9.80 Å². The molecule has 2 fully saturated rings. The molecule has 1 aliphatic heterocycles. The van der Waals surface area contributed by atoms with Crippen LogP contribution in [-0.2, 0) is 27.2 Å². The van der Waals surface area contributed by atoms with Crippen molar-refractivity contribution in [3.8, 4) is 0 Å². The van der Waals surface area contributed by atoms with Crippen LogP contribution in [0.2, 0.25) is 0 Å². The molecule has 0 bridgehead atoms. The van der Waals surface area contributed by atoms with E-state index in [4.69, 9.17) is 0 Å². The molecule has 1 N–H and O–H groups in total. The zero-order valence-electron chi connectivity index (χ0n) is 14.4. The summed E-state index contributed by atoms with van der Waals surface area (Å²) in [6, 6.07) is 4.92. The van der Waals surface area contributed by atoms with Crippen molar-refractivity contribution in [3.05, 3.63) is 29.3 Å². The predicted octanol–water partition coefficient (Wildman–Crippen LogP) is 1.70. The molecule has 2 aliphatic rings. The Labute approximate surface area is 146 Å². The minimum absolute atomic E-state index is 0.190. The second-order valence-electron chi connectivity index (χ2n) is 6.29. The van der Waals surface area contributed by atoms with Crippen LogP contribution in [0, 0.1) is 0 Å². The van der Waals surface area contributed by atoms with Crippen LogP contribution in [-0.4, -0.2) is 46.1 Å². The lowest BCUT2D eigenvalue weighted by atomic mass is 10.0. The van der Waals surface area contributed by atoms with Gasteiger partial charge in [0.2, 0.25) is 5.91 Å². The average molecular weight is 343 g/mol. The fourth-order valence-corrected chi connectivity index (χ4v) is 3.04. The summed E-state index contributed by atoms with van der Waals surface area (Å²) < 4.78 is 0. The Bertz CT molecular complexity index is 732. The number of benzene rings is 1. The molecule has 1 aliphatic carbocycles. The number of nitrogens with one attached hydrogen (secondary N) is 1. The van der Waals surface area contributed by atoms with Gasteiger partial charge in [-0.05, 0) is 36.8 Å². The fraction of sp³-hybridized carbons (Fsp3) is 0.444. The first-order chi connectivity index (χ1) is 12.0. The smallest absolute Gasteiger partial charge is 0.324 e. The normalized spacial score (nSPS) is 17.4. The van der Waals surface area contributed by atoms with E-state index >= 15 is 0 Å². The van der Waals surface area contributed by atoms with Gasteiger partial charge in [-0.1, -0.05) is 32.0 Å². The van der Waals surface area contributed by atoms with Crippen molar-refractivity contribution in [3.63, 3.8) is 0 Å². The van der Waals surface area contributed by atoms with Crippen LogP contribution < -0.4 is 5.32 Å². The molecule has 0 aromatic heterocycles. The van der Waals surface area contributed by atoms with Gasteiger partial charge in [0.1, 0.15) is 6.54 Å². The summed E-state index contributed by atoms with van der Waals surface area (Å²) in [4.78, 5) is 50.3. The van der Waals surface area contributed by atoms with E-state index in [-0.39, 0.29) is 6.04 Å². The zero-order chi connectivity index (χ0) is 18.1. The molecule has 1 aromatic rings. The van der Waals surface area contributed by atoms with Crippen molar-refractivity contribution in [2.45, 2.75) is 45.6 Å². The summed E-state index contributed by atoms with van der Waals surface area (Å²) in [7, 11) is 0. The Morgan fingerprint density at radius 2 is 1.68 bits per heavy atom. The second kappa shape index (κ2) is 6.66. The molecule has 1 heterocycles. The molecular weight excluding hydrogens is 322 g/mol. The minimum Gasteiger partial charge on any atom is -0.324 e. The molecule has 0 radical (unpaired) electrons. The fourth-order valence-electron chi connectivity index (χ4n) is 3.04. The molecule has 0 spiro atoms. The predicted molar refractivity (Wildman–Crippen MR) is 90.8 cm³/mol. The third kappa shape index (κ3) is 3.14. The van der Waals surface area contributed by atoms with Gasteiger partial charge in [-0.15, -0.1) is 0 Å². The highest BCUT2D eigenvalue weighted by atomic mass is 16.2. The van der Waals surface area contributed by atoms with Crippen LogP contribution >= 0.6 is 0 Å². The quantitative estimate of drug-likeness (QED) is 0.629. The summed E-state index contributed by atoms with van der Waals surface area (Å²) >= 11 is 0. The van der Waals surface area contributed by atoms with Gasteiger partial charge >= 0.3 is 17.8 Å². The molecule has 7 heteroatoms. The highest BCUT2D eigenvalue weighted by Gasteiger charge is 2.51. The van der Waals surface area contributed by atoms with Gasteiger partial charge in [0, 0.05) is 11.7 Å². The molecule has 25 heavy (non-hydrogen) atoms. The van der Waals surface area contributed by atoms with E-state index in [2.05, 4.69) is 5.32 Å². The van der Waals surface area contributed by atoms with Gasteiger partial charge < -0.3 is 5.32 Å². The van der Waals surface area contributed by atoms with E-state index in [0.717, 1.165) is 39.5 Å². The standard InChI is InChI=1S/C18H21N3O4/c1-3-11-6-5-7-12(4-2)15(11)19-14(22)10-20-16(23)17(24)21(18(20)25)13-8-9-13/h5-7,13H,3-4,8-10H2,1-2H3,(H,19,22). The molecule has 0 atom stereocenters. The largest absolute Gasteiger partial charge is 0.334 e. The van der Waals surface area contributed by atoms with Crippen molar-refractivity contribution >= 4 is 29.4 Å². The molecule has 132 valence electrons. The summed E-state index contributed by atoms with van der Waals surface area (Å²) in [5, 5.41) is 2.81. The topological polar surface area (TPSA) is 86.8 Å². The summed E-state index contributed by atoms with van der Waals surface area (Å²) in [6.07, 6.45) is 2.93. The number of amides is 5. The monoisotopic (exact) mass is 343 g/mol. The Kier molecular flexibility index (Phi) is 4.57. The van der Waals surface area contributed by atoms with E-state index in [9.17, 15) is 19.2 Å². The first kappa shape index (κ1) is 17.1. The number of para-hydroxylation sites is 1. The summed E-state index contributed by atoms with van der Waals surface area (Å²) in [5.41, 5.74) is 2.70. The number of rotatable bonds is 6. The van der Waals surface area contributed by atoms with E-state index in [1.165, 1.54) is 0 Å². The van der Waals surface area contributed by atoms with Crippen LogP contribution in [0.5, 0.6) is 0 Å². The van der Waals surface area contributed by atoms with Crippen LogP contribution in [0.3, 0.4) is 0 Å². The van der Waals surface area contributed by atoms with Gasteiger partial charge in [0.25, 0.3) is 0 Å². The zero-order valence-corrected chi connectivity index (χ0v) is 14.4. The van der Waals surface area contributed by atoms with Crippen LogP contribution in [0.1, 0.15) is 37.8 Å². The summed E-state index contributed by atoms with van der Waals surface area (Å²) in [6.45, 7) is 3.53. The molecule has 1 saturated carbocycles. The summed E-state index contributed by atoms with van der Waals surface area (Å²) in [5.74, 6) is -2.24. The van der Waals surface area contributed by atoms with E-state index in [1.807, 2.05) is 32.0 Å². The van der Waals surface area contributed by atoms with Gasteiger partial charge in [-0.3, -0.25) is 19.3 Å². The second-order valence-corrected chi connectivity index (χ2v) is 6.29. The third-order valence-electron chi connectivity index (χ3n) is 4.56. The SMILES string of the molecule is CCc1cccc(CC)c1NC(=O)CN1C(=O)C(=O)N(C2CC2)C1=O. The molecule has 1 saturated heterocycles. The van der Waals surface area contributed by atoms with Crippen molar-refractivity contribution in [1.29, 1.82) is 0 Å². The lowest BCUT2D eigenvalue weighted by Gasteiger charge is -2.17. The number of urea groups is 1. The third-order valence-corrected chi connectivity index (χ3v) is 4.56.